The fraction of sp³-hybridized carbons (Fsp3) is 0.0909. The Kier molecular flexibility index (Phi) is 3.36. The number of allylic oxidation sites excluding steroid dienone is 1. The van der Waals surface area contributed by atoms with Gasteiger partial charge in [0.05, 0.1) is 0 Å². The summed E-state index contributed by atoms with van der Waals surface area (Å²) < 4.78 is 0. The topological polar surface area (TPSA) is 0 Å². The van der Waals surface area contributed by atoms with Crippen LogP contribution in [0.15, 0.2) is 78.9 Å². The van der Waals surface area contributed by atoms with Crippen LogP contribution in [0.4, 0.5) is 0 Å². The van der Waals surface area contributed by atoms with Crippen molar-refractivity contribution < 1.29 is 0 Å². The van der Waals surface area contributed by atoms with Gasteiger partial charge in [-0.25, -0.2) is 0 Å². The minimum absolute atomic E-state index is 0.984. The van der Waals surface area contributed by atoms with Crippen LogP contribution in [0.2, 0.25) is 0 Å². The molecular weight excluding hydrogens is 264 g/mol. The molecule has 1 aliphatic rings. The van der Waals surface area contributed by atoms with E-state index in [1.807, 2.05) is 0 Å². The maximum absolute atomic E-state index is 2.28. The van der Waals surface area contributed by atoms with Crippen LogP contribution < -0.4 is 0 Å². The van der Waals surface area contributed by atoms with Crippen LogP contribution in [0.25, 0.3) is 17.2 Å². The second kappa shape index (κ2) is 5.65. The third kappa shape index (κ3) is 2.37. The summed E-state index contributed by atoms with van der Waals surface area (Å²) >= 11 is 0. The summed E-state index contributed by atoms with van der Waals surface area (Å²) in [6.07, 6.45) is 6.58. The second-order valence-corrected chi connectivity index (χ2v) is 5.80. The molecule has 0 unspecified atom stereocenters. The summed E-state index contributed by atoms with van der Waals surface area (Å²) in [5.41, 5.74) is 8.42. The Morgan fingerprint density at radius 1 is 0.727 bits per heavy atom. The quantitative estimate of drug-likeness (QED) is 0.464. The van der Waals surface area contributed by atoms with Gasteiger partial charge in [0.1, 0.15) is 0 Å². The number of benzene rings is 3. The molecule has 0 spiro atoms. The third-order valence-corrected chi connectivity index (χ3v) is 4.38. The third-order valence-electron chi connectivity index (χ3n) is 4.38. The van der Waals surface area contributed by atoms with E-state index >= 15 is 0 Å². The Labute approximate surface area is 131 Å². The van der Waals surface area contributed by atoms with Gasteiger partial charge in [-0.15, -0.1) is 0 Å². The van der Waals surface area contributed by atoms with E-state index in [1.165, 1.54) is 33.4 Å². The van der Waals surface area contributed by atoms with E-state index in [-0.39, 0.29) is 0 Å². The summed E-state index contributed by atoms with van der Waals surface area (Å²) in [4.78, 5) is 0. The Bertz CT molecular complexity index is 826. The van der Waals surface area contributed by atoms with E-state index in [4.69, 9.17) is 0 Å². The zero-order valence-corrected chi connectivity index (χ0v) is 12.5. The number of hydrogen-bond acceptors (Lipinski definition) is 0. The normalized spacial score (nSPS) is 12.4. The summed E-state index contributed by atoms with van der Waals surface area (Å²) in [7, 11) is 0. The summed E-state index contributed by atoms with van der Waals surface area (Å²) in [5, 5.41) is 0. The lowest BCUT2D eigenvalue weighted by Gasteiger charge is -2.04. The Balaban J connectivity index is 1.62. The van der Waals surface area contributed by atoms with E-state index in [1.54, 1.807) is 0 Å². The highest BCUT2D eigenvalue weighted by Gasteiger charge is 2.19. The number of fused-ring (bicyclic) bond motifs is 3. The molecule has 1 aliphatic carbocycles. The lowest BCUT2D eigenvalue weighted by Crippen LogP contribution is -1.86. The Morgan fingerprint density at radius 2 is 1.50 bits per heavy atom. The monoisotopic (exact) mass is 282 g/mol. The second-order valence-electron chi connectivity index (χ2n) is 5.80. The van der Waals surface area contributed by atoms with Crippen LogP contribution in [0, 0.1) is 0 Å². The minimum Gasteiger partial charge on any atom is -0.0795 e. The molecule has 4 rings (SSSR count). The predicted octanol–water partition coefficient (Wildman–Crippen LogP) is 5.51. The molecule has 22 heavy (non-hydrogen) atoms. The minimum atomic E-state index is 0.984. The summed E-state index contributed by atoms with van der Waals surface area (Å²) in [5.74, 6) is 0. The van der Waals surface area contributed by atoms with E-state index in [0.29, 0.717) is 0 Å². The Morgan fingerprint density at radius 3 is 2.41 bits per heavy atom. The van der Waals surface area contributed by atoms with Crippen molar-refractivity contribution in [3.63, 3.8) is 0 Å². The smallest absolute Gasteiger partial charge is 0.000751 e. The van der Waals surface area contributed by atoms with Gasteiger partial charge in [0.25, 0.3) is 0 Å². The summed E-state index contributed by atoms with van der Waals surface area (Å²) in [6.45, 7) is 0. The molecule has 106 valence electrons. The average Bonchev–Trinajstić information content (AvgIpc) is 2.96. The number of rotatable bonds is 3. The fourth-order valence-electron chi connectivity index (χ4n) is 3.27. The zero-order chi connectivity index (χ0) is 14.8. The van der Waals surface area contributed by atoms with E-state index in [2.05, 4.69) is 84.9 Å². The van der Waals surface area contributed by atoms with Gasteiger partial charge in [-0.05, 0) is 46.2 Å². The first-order valence-corrected chi connectivity index (χ1v) is 7.82. The molecule has 0 saturated carbocycles. The maximum atomic E-state index is 2.28. The van der Waals surface area contributed by atoms with Crippen LogP contribution in [0.3, 0.4) is 0 Å². The van der Waals surface area contributed by atoms with E-state index < -0.39 is 0 Å². The maximum Gasteiger partial charge on any atom is -0.000751 e. The van der Waals surface area contributed by atoms with Gasteiger partial charge in [0.2, 0.25) is 0 Å². The van der Waals surface area contributed by atoms with Crippen molar-refractivity contribution >= 4 is 6.08 Å². The lowest BCUT2D eigenvalue weighted by molar-refractivity contribution is 1.24. The average molecular weight is 282 g/mol. The van der Waals surface area contributed by atoms with Crippen molar-refractivity contribution in [2.45, 2.75) is 12.8 Å². The van der Waals surface area contributed by atoms with Crippen LogP contribution in [-0.4, -0.2) is 0 Å². The predicted molar refractivity (Wildman–Crippen MR) is 93.9 cm³/mol. The molecule has 0 saturated heterocycles. The highest BCUT2D eigenvalue weighted by atomic mass is 14.2. The summed E-state index contributed by atoms with van der Waals surface area (Å²) in [6, 6.07) is 26.0. The first kappa shape index (κ1) is 13.1. The van der Waals surface area contributed by atoms with Crippen LogP contribution >= 0.6 is 0 Å². The highest BCUT2D eigenvalue weighted by Crippen LogP contribution is 2.38. The highest BCUT2D eigenvalue weighted by molar-refractivity contribution is 5.80. The lowest BCUT2D eigenvalue weighted by atomic mass is 10.0. The van der Waals surface area contributed by atoms with Crippen molar-refractivity contribution in [2.75, 3.05) is 0 Å². The zero-order valence-electron chi connectivity index (χ0n) is 12.5. The Hall–Kier alpha value is -2.60. The molecule has 0 fully saturated rings. The van der Waals surface area contributed by atoms with Crippen molar-refractivity contribution in [3.8, 4) is 11.1 Å². The molecule has 0 atom stereocenters. The van der Waals surface area contributed by atoms with Crippen LogP contribution in [0.1, 0.15) is 22.3 Å². The van der Waals surface area contributed by atoms with Gasteiger partial charge in [0.15, 0.2) is 0 Å². The largest absolute Gasteiger partial charge is 0.0795 e. The SMILES string of the molecule is C(=Cc1cccc2c1Cc1ccccc1-2)Cc1ccccc1. The van der Waals surface area contributed by atoms with E-state index in [0.717, 1.165) is 12.8 Å². The fourth-order valence-corrected chi connectivity index (χ4v) is 3.27. The molecule has 0 nitrogen and oxygen atoms in total. The standard InChI is InChI=1S/C22H18/c1-2-8-17(9-3-1)10-6-12-18-13-7-15-21-20-14-5-4-11-19(20)16-22(18)21/h1-9,11-15H,10,16H2. The molecular formula is C22H18. The van der Waals surface area contributed by atoms with Crippen LogP contribution in [0.5, 0.6) is 0 Å². The molecule has 0 heteroatoms. The molecule has 3 aromatic carbocycles. The molecule has 0 bridgehead atoms. The van der Waals surface area contributed by atoms with Gasteiger partial charge in [0, 0.05) is 0 Å². The van der Waals surface area contributed by atoms with Crippen molar-refractivity contribution in [2.24, 2.45) is 0 Å². The van der Waals surface area contributed by atoms with Crippen molar-refractivity contribution in [3.05, 3.63) is 101 Å². The van der Waals surface area contributed by atoms with Gasteiger partial charge >= 0.3 is 0 Å². The number of hydrogen-bond donors (Lipinski definition) is 0. The van der Waals surface area contributed by atoms with Gasteiger partial charge in [-0.3, -0.25) is 0 Å². The first-order chi connectivity index (χ1) is 10.9. The van der Waals surface area contributed by atoms with Gasteiger partial charge in [-0.1, -0.05) is 84.9 Å². The van der Waals surface area contributed by atoms with Crippen molar-refractivity contribution in [1.82, 2.24) is 0 Å². The molecule has 0 aliphatic heterocycles. The first-order valence-electron chi connectivity index (χ1n) is 7.82. The molecule has 3 aromatic rings. The van der Waals surface area contributed by atoms with E-state index in [9.17, 15) is 0 Å². The van der Waals surface area contributed by atoms with Crippen molar-refractivity contribution in [1.29, 1.82) is 0 Å². The van der Waals surface area contributed by atoms with Gasteiger partial charge < -0.3 is 0 Å². The molecule has 0 N–H and O–H groups in total. The molecule has 0 heterocycles. The molecule has 0 amide bonds. The van der Waals surface area contributed by atoms with Crippen LogP contribution in [-0.2, 0) is 12.8 Å². The van der Waals surface area contributed by atoms with Gasteiger partial charge in [-0.2, -0.15) is 0 Å². The molecule has 0 radical (unpaired) electrons. The molecule has 0 aromatic heterocycles.